The summed E-state index contributed by atoms with van der Waals surface area (Å²) in [5.74, 6) is -0.152. The van der Waals surface area contributed by atoms with Gasteiger partial charge in [-0.3, -0.25) is 18.8 Å². The van der Waals surface area contributed by atoms with Crippen LogP contribution in [-0.4, -0.2) is 59.0 Å². The van der Waals surface area contributed by atoms with Crippen LogP contribution >= 0.6 is 11.3 Å². The topological polar surface area (TPSA) is 125 Å². The van der Waals surface area contributed by atoms with Gasteiger partial charge < -0.3 is 21.1 Å². The highest BCUT2D eigenvalue weighted by molar-refractivity contribution is 7.23. The number of thiazole rings is 1. The lowest BCUT2D eigenvalue weighted by Gasteiger charge is -2.11. The summed E-state index contributed by atoms with van der Waals surface area (Å²) >= 11 is 1.56. The SMILES string of the molecule is CNC(=O)c1ccc(-c2cn3c(n2)sc2cc(C(=O)NC[C@H]4CCCN4)ccc23)cc1.O=CO. The van der Waals surface area contributed by atoms with E-state index >= 15 is 0 Å². The first-order chi connectivity index (χ1) is 16.5. The largest absolute Gasteiger partial charge is 0.483 e. The third-order valence-electron chi connectivity index (χ3n) is 5.70. The molecule has 0 spiro atoms. The summed E-state index contributed by atoms with van der Waals surface area (Å²) in [5, 5.41) is 15.9. The maximum atomic E-state index is 12.5. The number of carbonyl (C=O) groups is 3. The molecule has 34 heavy (non-hydrogen) atoms. The predicted molar refractivity (Wildman–Crippen MR) is 131 cm³/mol. The molecule has 9 nitrogen and oxygen atoms in total. The molecule has 5 rings (SSSR count). The van der Waals surface area contributed by atoms with Gasteiger partial charge >= 0.3 is 0 Å². The molecule has 0 aliphatic carbocycles. The Morgan fingerprint density at radius 2 is 1.94 bits per heavy atom. The molecule has 2 amide bonds. The second-order valence-electron chi connectivity index (χ2n) is 7.83. The highest BCUT2D eigenvalue weighted by atomic mass is 32.1. The van der Waals surface area contributed by atoms with Crippen LogP contribution in [0.25, 0.3) is 26.4 Å². The molecule has 0 radical (unpaired) electrons. The fourth-order valence-corrected chi connectivity index (χ4v) is 5.01. The summed E-state index contributed by atoms with van der Waals surface area (Å²) < 4.78 is 3.07. The Morgan fingerprint density at radius 3 is 2.62 bits per heavy atom. The van der Waals surface area contributed by atoms with Gasteiger partial charge in [-0.25, -0.2) is 4.98 Å². The molecule has 2 aromatic heterocycles. The standard InChI is InChI=1S/C23H23N5O2S.CH2O2/c1-24-21(29)15-6-4-14(5-7-15)18-13-28-19-9-8-16(11-20(19)31-23(28)27-18)22(30)26-12-17-3-2-10-25-17;2-1-3/h4-9,11,13,17,25H,2-3,10,12H2,1H3,(H,24,29)(H,26,30);1H,(H,2,3)/t17-;/m1./s1. The molecule has 0 bridgehead atoms. The third-order valence-corrected chi connectivity index (χ3v) is 6.72. The third kappa shape index (κ3) is 4.92. The van der Waals surface area contributed by atoms with Crippen molar-refractivity contribution in [2.24, 2.45) is 0 Å². The highest BCUT2D eigenvalue weighted by Crippen LogP contribution is 2.30. The van der Waals surface area contributed by atoms with Crippen LogP contribution in [0.5, 0.6) is 0 Å². The summed E-state index contributed by atoms with van der Waals surface area (Å²) in [6.07, 6.45) is 4.27. The Bertz CT molecular complexity index is 1320. The van der Waals surface area contributed by atoms with E-state index in [0.717, 1.165) is 39.4 Å². The Hall–Kier alpha value is -3.76. The summed E-state index contributed by atoms with van der Waals surface area (Å²) in [6, 6.07) is 13.6. The monoisotopic (exact) mass is 479 g/mol. The van der Waals surface area contributed by atoms with Gasteiger partial charge in [0.15, 0.2) is 4.96 Å². The van der Waals surface area contributed by atoms with Crippen molar-refractivity contribution in [2.75, 3.05) is 20.1 Å². The summed E-state index contributed by atoms with van der Waals surface area (Å²) in [6.45, 7) is 1.44. The Kier molecular flexibility index (Phi) is 7.19. The van der Waals surface area contributed by atoms with E-state index in [2.05, 4.69) is 16.0 Å². The van der Waals surface area contributed by atoms with Crippen LogP contribution in [0.15, 0.2) is 48.7 Å². The van der Waals surface area contributed by atoms with Crippen molar-refractivity contribution >= 4 is 44.8 Å². The molecule has 10 heteroatoms. The zero-order valence-corrected chi connectivity index (χ0v) is 19.4. The fourth-order valence-electron chi connectivity index (χ4n) is 3.97. The molecule has 2 aromatic carbocycles. The van der Waals surface area contributed by atoms with Crippen LogP contribution in [0.1, 0.15) is 33.6 Å². The summed E-state index contributed by atoms with van der Waals surface area (Å²) in [7, 11) is 1.62. The number of fused-ring (bicyclic) bond motifs is 3. The van der Waals surface area contributed by atoms with Gasteiger partial charge in [0, 0.05) is 42.5 Å². The second-order valence-corrected chi connectivity index (χ2v) is 8.84. The predicted octanol–water partition coefficient (Wildman–Crippen LogP) is 2.76. The van der Waals surface area contributed by atoms with Crippen LogP contribution < -0.4 is 16.0 Å². The maximum Gasteiger partial charge on any atom is 0.290 e. The number of aromatic nitrogens is 2. The van der Waals surface area contributed by atoms with Gasteiger partial charge in [-0.15, -0.1) is 0 Å². The van der Waals surface area contributed by atoms with Crippen molar-refractivity contribution < 1.29 is 19.5 Å². The van der Waals surface area contributed by atoms with Crippen molar-refractivity contribution in [3.8, 4) is 11.3 Å². The first kappa shape index (κ1) is 23.4. The second kappa shape index (κ2) is 10.4. The van der Waals surface area contributed by atoms with Gasteiger partial charge in [0.1, 0.15) is 0 Å². The van der Waals surface area contributed by atoms with E-state index in [0.29, 0.717) is 23.7 Å². The van der Waals surface area contributed by atoms with E-state index in [9.17, 15) is 9.59 Å². The lowest BCUT2D eigenvalue weighted by Crippen LogP contribution is -2.37. The average molecular weight is 480 g/mol. The molecular formula is C24H25N5O4S. The molecule has 1 aliphatic heterocycles. The Morgan fingerprint density at radius 1 is 1.21 bits per heavy atom. The van der Waals surface area contributed by atoms with E-state index < -0.39 is 0 Å². The van der Waals surface area contributed by atoms with Crippen molar-refractivity contribution in [2.45, 2.75) is 18.9 Å². The molecule has 1 atom stereocenters. The maximum absolute atomic E-state index is 12.5. The fraction of sp³-hybridized carbons (Fsp3) is 0.250. The molecule has 1 saturated heterocycles. The van der Waals surface area contributed by atoms with Gasteiger partial charge in [0.25, 0.3) is 18.3 Å². The summed E-state index contributed by atoms with van der Waals surface area (Å²) in [5.41, 5.74) is 4.11. The Balaban J connectivity index is 0.000000868. The number of hydrogen-bond donors (Lipinski definition) is 4. The van der Waals surface area contributed by atoms with Gasteiger partial charge in [0.2, 0.25) is 0 Å². The molecule has 1 fully saturated rings. The molecule has 0 unspecified atom stereocenters. The number of benzene rings is 2. The number of rotatable bonds is 5. The molecule has 4 aromatic rings. The van der Waals surface area contributed by atoms with Gasteiger partial charge in [-0.05, 0) is 49.7 Å². The number of carbonyl (C=O) groups excluding carboxylic acids is 2. The van der Waals surface area contributed by atoms with Crippen molar-refractivity contribution in [3.05, 3.63) is 59.8 Å². The first-order valence-electron chi connectivity index (χ1n) is 10.9. The Labute approximate surface area is 199 Å². The zero-order valence-electron chi connectivity index (χ0n) is 18.6. The molecule has 1 aliphatic rings. The molecule has 0 saturated carbocycles. The minimum Gasteiger partial charge on any atom is -0.483 e. The van der Waals surface area contributed by atoms with E-state index in [1.54, 1.807) is 30.5 Å². The number of nitrogens with one attached hydrogen (secondary N) is 3. The molecular weight excluding hydrogens is 454 g/mol. The lowest BCUT2D eigenvalue weighted by molar-refractivity contribution is -0.122. The van der Waals surface area contributed by atoms with Crippen molar-refractivity contribution in [3.63, 3.8) is 0 Å². The lowest BCUT2D eigenvalue weighted by atomic mass is 10.1. The molecule has 3 heterocycles. The van der Waals surface area contributed by atoms with Crippen LogP contribution in [-0.2, 0) is 4.79 Å². The van der Waals surface area contributed by atoms with E-state index in [4.69, 9.17) is 14.9 Å². The van der Waals surface area contributed by atoms with E-state index in [1.807, 2.05) is 40.9 Å². The smallest absolute Gasteiger partial charge is 0.290 e. The quantitative estimate of drug-likeness (QED) is 0.326. The normalized spacial score (nSPS) is 15.0. The van der Waals surface area contributed by atoms with Crippen LogP contribution in [0, 0.1) is 0 Å². The van der Waals surface area contributed by atoms with Gasteiger partial charge in [0.05, 0.1) is 15.9 Å². The van der Waals surface area contributed by atoms with Gasteiger partial charge in [-0.2, -0.15) is 0 Å². The zero-order chi connectivity index (χ0) is 24.1. The summed E-state index contributed by atoms with van der Waals surface area (Å²) in [4.78, 5) is 38.3. The minimum absolute atomic E-state index is 0.0430. The molecule has 176 valence electrons. The van der Waals surface area contributed by atoms with Crippen LogP contribution in [0.4, 0.5) is 0 Å². The van der Waals surface area contributed by atoms with E-state index in [-0.39, 0.29) is 18.3 Å². The van der Waals surface area contributed by atoms with Crippen LogP contribution in [0.2, 0.25) is 0 Å². The van der Waals surface area contributed by atoms with Crippen LogP contribution in [0.3, 0.4) is 0 Å². The van der Waals surface area contributed by atoms with E-state index in [1.165, 1.54) is 6.42 Å². The number of nitrogens with zero attached hydrogens (tertiary/aromatic N) is 2. The van der Waals surface area contributed by atoms with Crippen molar-refractivity contribution in [1.29, 1.82) is 0 Å². The average Bonchev–Trinajstić information content (AvgIpc) is 3.59. The minimum atomic E-state index is -0.250. The number of carboxylic acid groups (broad SMARTS) is 1. The number of imidazole rings is 1. The number of amides is 2. The van der Waals surface area contributed by atoms with Crippen molar-refractivity contribution in [1.82, 2.24) is 25.3 Å². The first-order valence-corrected chi connectivity index (χ1v) is 11.7. The molecule has 4 N–H and O–H groups in total. The highest BCUT2D eigenvalue weighted by Gasteiger charge is 2.17. The van der Waals surface area contributed by atoms with Gasteiger partial charge in [-0.1, -0.05) is 23.5 Å². The number of hydrogen-bond acceptors (Lipinski definition) is 6.